The van der Waals surface area contributed by atoms with Crippen molar-refractivity contribution in [2.45, 2.75) is 63.9 Å². The molecule has 1 amide bonds. The lowest BCUT2D eigenvalue weighted by atomic mass is 9.80. The van der Waals surface area contributed by atoms with E-state index in [4.69, 9.17) is 9.72 Å². The molecule has 3 heterocycles. The van der Waals surface area contributed by atoms with Crippen LogP contribution in [0.1, 0.15) is 57.8 Å². The highest BCUT2D eigenvalue weighted by Crippen LogP contribution is 2.32. The van der Waals surface area contributed by atoms with Crippen LogP contribution in [-0.4, -0.2) is 68.3 Å². The van der Waals surface area contributed by atoms with Gasteiger partial charge in [0.15, 0.2) is 0 Å². The average Bonchev–Trinajstić information content (AvgIpc) is 3.56. The number of carbonyl (C=O) groups excluding carboxylic acids is 1. The Morgan fingerprint density at radius 2 is 1.83 bits per heavy atom. The third-order valence-electron chi connectivity index (χ3n) is 8.74. The molecule has 1 saturated heterocycles. The van der Waals surface area contributed by atoms with Gasteiger partial charge < -0.3 is 15.0 Å². The molecular weight excluding hydrogens is 456 g/mol. The number of pyridine rings is 1. The molecule has 0 bridgehead atoms. The molecule has 3 aliphatic rings. The van der Waals surface area contributed by atoms with Crippen molar-refractivity contribution in [1.82, 2.24) is 15.2 Å². The zero-order chi connectivity index (χ0) is 24.0. The number of fused-ring (bicyclic) bond motifs is 1. The molecule has 2 atom stereocenters. The fourth-order valence-electron chi connectivity index (χ4n) is 6.43. The minimum absolute atomic E-state index is 0.249. The Kier molecular flexibility index (Phi) is 8.58. The molecule has 5 rings (SSSR count). The van der Waals surface area contributed by atoms with Gasteiger partial charge in [-0.1, -0.05) is 12.8 Å². The number of nitrogens with one attached hydrogen (secondary N) is 1. The fraction of sp³-hybridized carbons (Fsp3) is 0.714. The molecule has 0 spiro atoms. The van der Waals surface area contributed by atoms with Crippen molar-refractivity contribution in [3.8, 4) is 0 Å². The number of rotatable bonds is 9. The van der Waals surface area contributed by atoms with Crippen LogP contribution in [-0.2, 0) is 9.53 Å². The number of methoxy groups -OCH3 is 1. The first-order valence-electron chi connectivity index (χ1n) is 13.8. The summed E-state index contributed by atoms with van der Waals surface area (Å²) in [5, 5.41) is 6.71. The SMILES string of the molecule is CO[C@@H]1CCC(CC(=O)NCC2CCC(CCN3CCN(c4nccc5sccc45)CC3)CC2)C1. The van der Waals surface area contributed by atoms with E-state index in [1.54, 1.807) is 18.4 Å². The summed E-state index contributed by atoms with van der Waals surface area (Å²) in [7, 11) is 1.79. The number of hydrogen-bond donors (Lipinski definition) is 1. The highest BCUT2D eigenvalue weighted by Gasteiger charge is 2.27. The largest absolute Gasteiger partial charge is 0.381 e. The molecule has 35 heavy (non-hydrogen) atoms. The standard InChI is InChI=1S/C28H42N4O2S/c1-34-24-7-6-23(18-24)19-27(33)30-20-22-4-2-21(3-5-22)9-12-31-13-15-32(16-14-31)28-25-10-17-35-26(25)8-11-29-28/h8,10-11,17,21-24H,2-7,9,12-16,18-20H2,1H3,(H,30,33)/t21?,22?,23?,24-/m1/s1. The molecule has 2 aromatic heterocycles. The maximum Gasteiger partial charge on any atom is 0.220 e. The summed E-state index contributed by atoms with van der Waals surface area (Å²) in [5.41, 5.74) is 0. The molecule has 6 nitrogen and oxygen atoms in total. The first-order valence-corrected chi connectivity index (χ1v) is 14.6. The van der Waals surface area contributed by atoms with E-state index in [9.17, 15) is 4.79 Å². The van der Waals surface area contributed by atoms with Crippen LogP contribution in [0.25, 0.3) is 10.1 Å². The number of piperazine rings is 1. The Hall–Kier alpha value is -1.70. The van der Waals surface area contributed by atoms with Crippen LogP contribution in [0.2, 0.25) is 0 Å². The smallest absolute Gasteiger partial charge is 0.220 e. The molecule has 192 valence electrons. The number of amides is 1. The third-order valence-corrected chi connectivity index (χ3v) is 9.62. The maximum absolute atomic E-state index is 12.4. The lowest BCUT2D eigenvalue weighted by Gasteiger charge is -2.37. The Balaban J connectivity index is 0.956. The molecule has 2 saturated carbocycles. The number of ether oxygens (including phenoxy) is 1. The van der Waals surface area contributed by atoms with Gasteiger partial charge in [-0.25, -0.2) is 4.98 Å². The van der Waals surface area contributed by atoms with E-state index in [-0.39, 0.29) is 5.91 Å². The predicted molar refractivity (Wildman–Crippen MR) is 144 cm³/mol. The van der Waals surface area contributed by atoms with E-state index in [1.165, 1.54) is 48.7 Å². The molecule has 0 radical (unpaired) electrons. The van der Waals surface area contributed by atoms with Crippen LogP contribution in [0.4, 0.5) is 5.82 Å². The van der Waals surface area contributed by atoms with E-state index in [0.717, 1.165) is 63.7 Å². The summed E-state index contributed by atoms with van der Waals surface area (Å²) in [6.07, 6.45) is 12.8. The van der Waals surface area contributed by atoms with Crippen molar-refractivity contribution in [2.75, 3.05) is 51.3 Å². The molecule has 7 heteroatoms. The van der Waals surface area contributed by atoms with Gasteiger partial charge in [0.1, 0.15) is 5.82 Å². The lowest BCUT2D eigenvalue weighted by molar-refractivity contribution is -0.122. The number of thiophene rings is 1. The molecule has 2 aliphatic carbocycles. The minimum atomic E-state index is 0.249. The summed E-state index contributed by atoms with van der Waals surface area (Å²) in [6, 6.07) is 4.33. The van der Waals surface area contributed by atoms with Crippen LogP contribution in [0.3, 0.4) is 0 Å². The van der Waals surface area contributed by atoms with Crippen LogP contribution >= 0.6 is 11.3 Å². The van der Waals surface area contributed by atoms with Crippen LogP contribution in [0, 0.1) is 17.8 Å². The van der Waals surface area contributed by atoms with E-state index >= 15 is 0 Å². The summed E-state index contributed by atoms with van der Waals surface area (Å²) in [4.78, 5) is 22.2. The number of nitrogens with zero attached hydrogens (tertiary/aromatic N) is 3. The minimum Gasteiger partial charge on any atom is -0.381 e. The van der Waals surface area contributed by atoms with Gasteiger partial charge in [-0.15, -0.1) is 11.3 Å². The molecule has 0 aromatic carbocycles. The fourth-order valence-corrected chi connectivity index (χ4v) is 7.20. The predicted octanol–water partition coefficient (Wildman–Crippen LogP) is 4.94. The summed E-state index contributed by atoms with van der Waals surface area (Å²) < 4.78 is 6.78. The van der Waals surface area contributed by atoms with Gasteiger partial charge in [0, 0.05) is 62.5 Å². The lowest BCUT2D eigenvalue weighted by Crippen LogP contribution is -2.47. The van der Waals surface area contributed by atoms with Crippen LogP contribution in [0.15, 0.2) is 23.7 Å². The third kappa shape index (κ3) is 6.55. The molecule has 1 unspecified atom stereocenters. The van der Waals surface area contributed by atoms with Crippen molar-refractivity contribution in [3.63, 3.8) is 0 Å². The van der Waals surface area contributed by atoms with Gasteiger partial charge >= 0.3 is 0 Å². The van der Waals surface area contributed by atoms with Gasteiger partial charge in [-0.2, -0.15) is 0 Å². The molecule has 1 aliphatic heterocycles. The van der Waals surface area contributed by atoms with Gasteiger partial charge in [0.05, 0.1) is 6.10 Å². The van der Waals surface area contributed by atoms with Gasteiger partial charge in [-0.3, -0.25) is 9.69 Å². The van der Waals surface area contributed by atoms with Crippen molar-refractivity contribution in [2.24, 2.45) is 17.8 Å². The second kappa shape index (κ2) is 12.0. The Morgan fingerprint density at radius 3 is 2.60 bits per heavy atom. The number of anilines is 1. The summed E-state index contributed by atoms with van der Waals surface area (Å²) >= 11 is 1.80. The monoisotopic (exact) mass is 498 g/mol. The highest BCUT2D eigenvalue weighted by molar-refractivity contribution is 7.17. The highest BCUT2D eigenvalue weighted by atomic mass is 32.1. The van der Waals surface area contributed by atoms with Crippen molar-refractivity contribution in [3.05, 3.63) is 23.7 Å². The summed E-state index contributed by atoms with van der Waals surface area (Å²) in [5.74, 6) is 3.44. The second-order valence-corrected chi connectivity index (χ2v) is 12.0. The first-order chi connectivity index (χ1) is 17.2. The molecule has 1 N–H and O–H groups in total. The molecular formula is C28H42N4O2S. The molecule has 3 fully saturated rings. The zero-order valence-corrected chi connectivity index (χ0v) is 22.1. The van der Waals surface area contributed by atoms with Crippen LogP contribution < -0.4 is 10.2 Å². The zero-order valence-electron chi connectivity index (χ0n) is 21.3. The van der Waals surface area contributed by atoms with E-state index < -0.39 is 0 Å². The normalized spacial score (nSPS) is 28.0. The Morgan fingerprint density at radius 1 is 1.06 bits per heavy atom. The molecule has 2 aromatic rings. The number of hydrogen-bond acceptors (Lipinski definition) is 6. The van der Waals surface area contributed by atoms with E-state index in [2.05, 4.69) is 32.6 Å². The number of aromatic nitrogens is 1. The van der Waals surface area contributed by atoms with Gasteiger partial charge in [0.25, 0.3) is 0 Å². The van der Waals surface area contributed by atoms with Gasteiger partial charge in [0.2, 0.25) is 5.91 Å². The van der Waals surface area contributed by atoms with Crippen molar-refractivity contribution >= 4 is 33.1 Å². The first kappa shape index (κ1) is 25.0. The van der Waals surface area contributed by atoms with E-state index in [0.29, 0.717) is 24.4 Å². The maximum atomic E-state index is 12.4. The number of carbonyl (C=O) groups is 1. The second-order valence-electron chi connectivity index (χ2n) is 11.0. The van der Waals surface area contributed by atoms with Gasteiger partial charge in [-0.05, 0) is 80.3 Å². The summed E-state index contributed by atoms with van der Waals surface area (Å²) in [6.45, 7) is 6.51. The topological polar surface area (TPSA) is 57.7 Å². The van der Waals surface area contributed by atoms with Crippen LogP contribution in [0.5, 0.6) is 0 Å². The quantitative estimate of drug-likeness (QED) is 0.531. The van der Waals surface area contributed by atoms with Crippen molar-refractivity contribution < 1.29 is 9.53 Å². The average molecular weight is 499 g/mol. The van der Waals surface area contributed by atoms with E-state index in [1.807, 2.05) is 6.20 Å². The van der Waals surface area contributed by atoms with Crippen molar-refractivity contribution in [1.29, 1.82) is 0 Å². The Labute approximate surface area is 214 Å². The Bertz CT molecular complexity index is 949.